The fourth-order valence-corrected chi connectivity index (χ4v) is 4.74. The molecule has 2 aromatic carbocycles. The molecule has 1 atom stereocenters. The fourth-order valence-electron chi connectivity index (χ4n) is 3.39. The van der Waals surface area contributed by atoms with Crippen molar-refractivity contribution in [3.8, 4) is 0 Å². The minimum absolute atomic E-state index is 0.0291. The Hall–Kier alpha value is -2.71. The zero-order valence-electron chi connectivity index (χ0n) is 15.3. The van der Waals surface area contributed by atoms with Crippen molar-refractivity contribution in [3.63, 3.8) is 0 Å². The first kappa shape index (κ1) is 18.6. The van der Waals surface area contributed by atoms with Crippen molar-refractivity contribution >= 4 is 27.6 Å². The van der Waals surface area contributed by atoms with Crippen molar-refractivity contribution in [2.75, 3.05) is 12.0 Å². The van der Waals surface area contributed by atoms with Gasteiger partial charge in [-0.05, 0) is 42.7 Å². The maximum Gasteiger partial charge on any atom is 0.329 e. The van der Waals surface area contributed by atoms with Crippen molar-refractivity contribution in [2.24, 2.45) is 0 Å². The van der Waals surface area contributed by atoms with Crippen LogP contribution in [0.3, 0.4) is 0 Å². The number of para-hydroxylation sites is 1. The number of esters is 1. The fraction of sp³-hybridized carbons (Fsp3) is 0.300. The molecule has 7 nitrogen and oxygen atoms in total. The highest BCUT2D eigenvalue weighted by molar-refractivity contribution is 7.89. The molecule has 0 aromatic heterocycles. The van der Waals surface area contributed by atoms with E-state index in [1.807, 2.05) is 12.1 Å². The molecule has 0 saturated heterocycles. The van der Waals surface area contributed by atoms with Gasteiger partial charge < -0.3 is 4.74 Å². The Morgan fingerprint density at radius 3 is 2.57 bits per heavy atom. The Morgan fingerprint density at radius 2 is 1.86 bits per heavy atom. The van der Waals surface area contributed by atoms with Crippen LogP contribution in [0.15, 0.2) is 53.4 Å². The number of nitrogens with one attached hydrogen (secondary N) is 1. The van der Waals surface area contributed by atoms with E-state index in [1.54, 1.807) is 18.2 Å². The van der Waals surface area contributed by atoms with Crippen LogP contribution < -0.4 is 9.62 Å². The monoisotopic (exact) mass is 400 g/mol. The molecule has 8 heteroatoms. The number of ether oxygens (including phenoxy) is 1. The van der Waals surface area contributed by atoms with Gasteiger partial charge in [0.25, 0.3) is 5.91 Å². The van der Waals surface area contributed by atoms with Gasteiger partial charge in [0.15, 0.2) is 0 Å². The van der Waals surface area contributed by atoms with Crippen LogP contribution in [0.5, 0.6) is 0 Å². The van der Waals surface area contributed by atoms with Crippen molar-refractivity contribution in [3.05, 3.63) is 59.7 Å². The second-order valence-electron chi connectivity index (χ2n) is 6.97. The van der Waals surface area contributed by atoms with E-state index in [9.17, 15) is 18.0 Å². The molecule has 28 heavy (non-hydrogen) atoms. The third kappa shape index (κ3) is 3.41. The maximum absolute atomic E-state index is 13.3. The number of hydrogen-bond acceptors (Lipinski definition) is 5. The average Bonchev–Trinajstić information content (AvgIpc) is 3.42. The summed E-state index contributed by atoms with van der Waals surface area (Å²) in [6, 6.07) is 12.3. The average molecular weight is 400 g/mol. The molecule has 146 valence electrons. The van der Waals surface area contributed by atoms with E-state index < -0.39 is 27.9 Å². The third-order valence-electron chi connectivity index (χ3n) is 4.96. The van der Waals surface area contributed by atoms with Gasteiger partial charge in [-0.15, -0.1) is 0 Å². The van der Waals surface area contributed by atoms with Gasteiger partial charge in [-0.3, -0.25) is 9.69 Å². The number of hydrogen-bond donors (Lipinski definition) is 1. The van der Waals surface area contributed by atoms with Gasteiger partial charge in [-0.25, -0.2) is 17.9 Å². The highest BCUT2D eigenvalue weighted by Gasteiger charge is 2.39. The van der Waals surface area contributed by atoms with Crippen molar-refractivity contribution < 1.29 is 22.7 Å². The zero-order chi connectivity index (χ0) is 19.9. The van der Waals surface area contributed by atoms with Crippen molar-refractivity contribution in [2.45, 2.75) is 36.2 Å². The lowest BCUT2D eigenvalue weighted by Gasteiger charge is -2.24. The number of sulfonamides is 1. The first-order chi connectivity index (χ1) is 13.4. The second-order valence-corrected chi connectivity index (χ2v) is 8.68. The molecule has 2 aliphatic rings. The number of fused-ring (bicyclic) bond motifs is 1. The molecular weight excluding hydrogens is 380 g/mol. The van der Waals surface area contributed by atoms with Gasteiger partial charge in [0.05, 0.1) is 12.0 Å². The molecule has 1 aliphatic heterocycles. The third-order valence-corrected chi connectivity index (χ3v) is 6.48. The Balaban J connectivity index is 1.70. The summed E-state index contributed by atoms with van der Waals surface area (Å²) >= 11 is 0. The highest BCUT2D eigenvalue weighted by atomic mass is 32.2. The Morgan fingerprint density at radius 1 is 1.11 bits per heavy atom. The molecule has 2 aromatic rings. The number of benzene rings is 2. The minimum atomic E-state index is -3.68. The molecule has 0 radical (unpaired) electrons. The van der Waals surface area contributed by atoms with Gasteiger partial charge in [-0.2, -0.15) is 0 Å². The number of amides is 1. The molecule has 1 fully saturated rings. The van der Waals surface area contributed by atoms with E-state index >= 15 is 0 Å². The van der Waals surface area contributed by atoms with Crippen LogP contribution in [0, 0.1) is 0 Å². The normalized spacial score (nSPS) is 18.6. The number of nitrogens with zero attached hydrogens (tertiary/aromatic N) is 1. The Bertz CT molecular complexity index is 1050. The van der Waals surface area contributed by atoms with E-state index in [2.05, 4.69) is 4.72 Å². The molecule has 1 aliphatic carbocycles. The van der Waals surface area contributed by atoms with Crippen LogP contribution in [0.1, 0.15) is 28.8 Å². The molecule has 1 amide bonds. The Labute approximate surface area is 163 Å². The van der Waals surface area contributed by atoms with Crippen LogP contribution in [-0.4, -0.2) is 39.5 Å². The summed E-state index contributed by atoms with van der Waals surface area (Å²) in [7, 11) is -2.40. The summed E-state index contributed by atoms with van der Waals surface area (Å²) in [5.41, 5.74) is 1.70. The van der Waals surface area contributed by atoms with Crippen LogP contribution >= 0.6 is 0 Å². The van der Waals surface area contributed by atoms with E-state index in [0.29, 0.717) is 12.1 Å². The van der Waals surface area contributed by atoms with Crippen LogP contribution in [0.4, 0.5) is 5.69 Å². The molecule has 1 N–H and O–H groups in total. The van der Waals surface area contributed by atoms with Crippen molar-refractivity contribution in [1.29, 1.82) is 0 Å². The predicted octanol–water partition coefficient (Wildman–Crippen LogP) is 1.87. The molecule has 1 heterocycles. The van der Waals surface area contributed by atoms with E-state index in [0.717, 1.165) is 18.4 Å². The summed E-state index contributed by atoms with van der Waals surface area (Å²) in [5.74, 6) is -0.951. The largest absolute Gasteiger partial charge is 0.467 e. The molecule has 0 bridgehead atoms. The number of carbonyl (C=O) groups is 2. The lowest BCUT2D eigenvalue weighted by atomic mass is 10.1. The second kappa shape index (κ2) is 7.03. The quantitative estimate of drug-likeness (QED) is 0.774. The zero-order valence-corrected chi connectivity index (χ0v) is 16.1. The maximum atomic E-state index is 13.3. The lowest BCUT2D eigenvalue weighted by Crippen LogP contribution is -2.43. The first-order valence-electron chi connectivity index (χ1n) is 9.02. The van der Waals surface area contributed by atoms with Crippen molar-refractivity contribution in [1.82, 2.24) is 4.72 Å². The van der Waals surface area contributed by atoms with Gasteiger partial charge in [0.2, 0.25) is 10.0 Å². The predicted molar refractivity (Wildman–Crippen MR) is 103 cm³/mol. The first-order valence-corrected chi connectivity index (χ1v) is 10.5. The molecular formula is C20H20N2O5S. The summed E-state index contributed by atoms with van der Waals surface area (Å²) in [4.78, 5) is 26.9. The standard InChI is InChI=1S/C20H20N2O5S/c1-27-20(24)18-12-13-5-2-3-8-17(13)22(18)19(23)14-6-4-7-16(11-14)28(25,26)21-15-9-10-15/h2-8,11,15,18,21H,9-10,12H2,1H3. The number of carbonyl (C=O) groups excluding carboxylic acids is 2. The van der Waals surface area contributed by atoms with Gasteiger partial charge >= 0.3 is 5.97 Å². The minimum Gasteiger partial charge on any atom is -0.467 e. The van der Waals surface area contributed by atoms with Gasteiger partial charge in [0.1, 0.15) is 6.04 Å². The molecule has 0 spiro atoms. The van der Waals surface area contributed by atoms with Crippen LogP contribution in [-0.2, 0) is 26.0 Å². The summed E-state index contributed by atoms with van der Waals surface area (Å²) in [5, 5.41) is 0. The van der Waals surface area contributed by atoms with Gasteiger partial charge in [0, 0.05) is 23.7 Å². The van der Waals surface area contributed by atoms with Crippen LogP contribution in [0.25, 0.3) is 0 Å². The van der Waals surface area contributed by atoms with Gasteiger partial charge in [-0.1, -0.05) is 24.3 Å². The smallest absolute Gasteiger partial charge is 0.329 e. The summed E-state index contributed by atoms with van der Waals surface area (Å²) in [6.07, 6.45) is 2.00. The molecule has 4 rings (SSSR count). The van der Waals surface area contributed by atoms with Crippen LogP contribution in [0.2, 0.25) is 0 Å². The van der Waals surface area contributed by atoms with E-state index in [1.165, 1.54) is 30.2 Å². The Kier molecular flexibility index (Phi) is 4.68. The molecule has 1 unspecified atom stereocenters. The SMILES string of the molecule is COC(=O)C1Cc2ccccc2N1C(=O)c1cccc(S(=O)(=O)NC2CC2)c1. The summed E-state index contributed by atoms with van der Waals surface area (Å²) in [6.45, 7) is 0. The molecule has 1 saturated carbocycles. The van der Waals surface area contributed by atoms with E-state index in [-0.39, 0.29) is 16.5 Å². The number of methoxy groups -OCH3 is 1. The highest BCUT2D eigenvalue weighted by Crippen LogP contribution is 2.34. The number of rotatable bonds is 5. The lowest BCUT2D eigenvalue weighted by molar-refractivity contribution is -0.141. The topological polar surface area (TPSA) is 92.8 Å². The van der Waals surface area contributed by atoms with E-state index in [4.69, 9.17) is 4.74 Å². The summed E-state index contributed by atoms with van der Waals surface area (Å²) < 4.78 is 32.5. The number of anilines is 1.